The second-order valence-electron chi connectivity index (χ2n) is 6.99. The lowest BCUT2D eigenvalue weighted by Gasteiger charge is -2.39. The van der Waals surface area contributed by atoms with Crippen LogP contribution in [-0.4, -0.2) is 70.2 Å². The Balaban J connectivity index is 2.34. The molecule has 0 spiro atoms. The van der Waals surface area contributed by atoms with Gasteiger partial charge in [-0.05, 0) is 17.7 Å². The van der Waals surface area contributed by atoms with Crippen molar-refractivity contribution in [3.63, 3.8) is 0 Å². The van der Waals surface area contributed by atoms with Gasteiger partial charge >= 0.3 is 0 Å². The topological polar surface area (TPSA) is 116 Å². The van der Waals surface area contributed by atoms with Gasteiger partial charge in [-0.1, -0.05) is 0 Å². The van der Waals surface area contributed by atoms with Crippen LogP contribution in [-0.2, 0) is 0 Å². The van der Waals surface area contributed by atoms with Crippen LogP contribution in [0.3, 0.4) is 0 Å². The zero-order chi connectivity index (χ0) is 22.7. The van der Waals surface area contributed by atoms with Crippen LogP contribution in [0.1, 0.15) is 17.0 Å². The first-order valence-electron chi connectivity index (χ1n) is 9.65. The summed E-state index contributed by atoms with van der Waals surface area (Å²) < 4.78 is 33.1. The van der Waals surface area contributed by atoms with Gasteiger partial charge in [0.1, 0.15) is 11.9 Å². The molecule has 170 valence electrons. The average molecular weight is 436 g/mol. The van der Waals surface area contributed by atoms with E-state index in [0.29, 0.717) is 34.1 Å². The number of methoxy groups -OCH3 is 5. The van der Waals surface area contributed by atoms with Crippen molar-refractivity contribution < 1.29 is 43.7 Å². The van der Waals surface area contributed by atoms with Gasteiger partial charge in [-0.2, -0.15) is 0 Å². The van der Waals surface area contributed by atoms with Crippen molar-refractivity contribution in [1.29, 1.82) is 0 Å². The Hall–Kier alpha value is -3.04. The number of phenols is 1. The van der Waals surface area contributed by atoms with Crippen LogP contribution >= 0.6 is 0 Å². The number of aliphatic hydroxyl groups is 2. The fraction of sp³-hybridized carbons (Fsp3) is 0.455. The third-order valence-electron chi connectivity index (χ3n) is 5.58. The monoisotopic (exact) mass is 436 g/mol. The lowest BCUT2D eigenvalue weighted by Crippen LogP contribution is -2.41. The van der Waals surface area contributed by atoms with E-state index < -0.39 is 17.9 Å². The third-order valence-corrected chi connectivity index (χ3v) is 5.58. The number of rotatable bonds is 8. The van der Waals surface area contributed by atoms with Gasteiger partial charge in [-0.3, -0.25) is 0 Å². The highest BCUT2D eigenvalue weighted by Crippen LogP contribution is 2.55. The summed E-state index contributed by atoms with van der Waals surface area (Å²) in [5, 5.41) is 30.9. The van der Waals surface area contributed by atoms with E-state index in [1.54, 1.807) is 12.1 Å². The summed E-state index contributed by atoms with van der Waals surface area (Å²) in [6.07, 6.45) is -0.708. The first kappa shape index (κ1) is 22.6. The largest absolute Gasteiger partial charge is 0.502 e. The van der Waals surface area contributed by atoms with E-state index in [0.717, 1.165) is 0 Å². The lowest BCUT2D eigenvalue weighted by atomic mass is 9.75. The molecule has 0 bridgehead atoms. The molecule has 3 atom stereocenters. The first-order valence-corrected chi connectivity index (χ1v) is 9.65. The van der Waals surface area contributed by atoms with Crippen LogP contribution in [0.5, 0.6) is 40.2 Å². The van der Waals surface area contributed by atoms with Crippen molar-refractivity contribution in [2.45, 2.75) is 12.0 Å². The van der Waals surface area contributed by atoms with Crippen molar-refractivity contribution in [3.05, 3.63) is 29.3 Å². The highest BCUT2D eigenvalue weighted by Gasteiger charge is 2.43. The summed E-state index contributed by atoms with van der Waals surface area (Å²) in [4.78, 5) is 0. The molecule has 0 radical (unpaired) electrons. The zero-order valence-electron chi connectivity index (χ0n) is 18.2. The number of ether oxygens (including phenoxy) is 6. The number of benzene rings is 2. The Kier molecular flexibility index (Phi) is 6.87. The lowest BCUT2D eigenvalue weighted by molar-refractivity contribution is 0.0177. The third kappa shape index (κ3) is 3.75. The predicted octanol–water partition coefficient (Wildman–Crippen LogP) is 1.93. The minimum atomic E-state index is -0.708. The molecule has 0 aromatic heterocycles. The molecule has 2 aromatic carbocycles. The van der Waals surface area contributed by atoms with E-state index in [9.17, 15) is 15.3 Å². The highest BCUT2D eigenvalue weighted by atomic mass is 16.5. The van der Waals surface area contributed by atoms with Crippen molar-refractivity contribution in [2.24, 2.45) is 5.92 Å². The Morgan fingerprint density at radius 1 is 0.774 bits per heavy atom. The maximum atomic E-state index is 10.7. The Morgan fingerprint density at radius 3 is 1.81 bits per heavy atom. The molecule has 1 heterocycles. The fourth-order valence-corrected chi connectivity index (χ4v) is 4.14. The minimum absolute atomic E-state index is 0.156. The van der Waals surface area contributed by atoms with Crippen LogP contribution in [0.25, 0.3) is 0 Å². The Morgan fingerprint density at radius 2 is 1.35 bits per heavy atom. The van der Waals surface area contributed by atoms with Gasteiger partial charge in [0.15, 0.2) is 23.0 Å². The number of hydrogen-bond acceptors (Lipinski definition) is 9. The normalized spacial score (nSPS) is 19.8. The molecule has 3 rings (SSSR count). The second kappa shape index (κ2) is 9.40. The highest BCUT2D eigenvalue weighted by molar-refractivity contribution is 5.66. The van der Waals surface area contributed by atoms with Gasteiger partial charge in [0.2, 0.25) is 11.5 Å². The number of aromatic hydroxyl groups is 1. The average Bonchev–Trinajstić information content (AvgIpc) is 2.81. The van der Waals surface area contributed by atoms with Crippen LogP contribution in [0.2, 0.25) is 0 Å². The van der Waals surface area contributed by atoms with Gasteiger partial charge in [-0.15, -0.1) is 0 Å². The van der Waals surface area contributed by atoms with E-state index in [4.69, 9.17) is 28.4 Å². The van der Waals surface area contributed by atoms with E-state index in [2.05, 4.69) is 0 Å². The summed E-state index contributed by atoms with van der Waals surface area (Å²) in [5.74, 6) is 0.690. The maximum Gasteiger partial charge on any atom is 0.203 e. The summed E-state index contributed by atoms with van der Waals surface area (Å²) in [7, 11) is 7.37. The van der Waals surface area contributed by atoms with E-state index in [-0.39, 0.29) is 30.5 Å². The molecule has 2 aromatic rings. The molecule has 0 saturated carbocycles. The minimum Gasteiger partial charge on any atom is -0.502 e. The predicted molar refractivity (Wildman–Crippen MR) is 111 cm³/mol. The molecular weight excluding hydrogens is 408 g/mol. The molecule has 3 N–H and O–H groups in total. The summed E-state index contributed by atoms with van der Waals surface area (Å²) in [6, 6.07) is 5.06. The van der Waals surface area contributed by atoms with Gasteiger partial charge in [0, 0.05) is 23.5 Å². The molecular formula is C22H28O9. The zero-order valence-corrected chi connectivity index (χ0v) is 18.2. The molecule has 0 amide bonds. The molecule has 31 heavy (non-hydrogen) atoms. The SMILES string of the molecule is COc1cc2c(c(OC)c1O)[C@H](c1cc(OC)c(OC)c(OC)c1)[C@@H](CO)[C@H](CO)O2. The molecule has 0 unspecified atom stereocenters. The van der Waals surface area contributed by atoms with Gasteiger partial charge < -0.3 is 43.7 Å². The smallest absolute Gasteiger partial charge is 0.203 e. The Bertz CT molecular complexity index is 903. The molecule has 9 nitrogen and oxygen atoms in total. The number of fused-ring (bicyclic) bond motifs is 1. The van der Waals surface area contributed by atoms with Gasteiger partial charge in [0.25, 0.3) is 0 Å². The second-order valence-corrected chi connectivity index (χ2v) is 6.99. The van der Waals surface area contributed by atoms with Crippen molar-refractivity contribution in [2.75, 3.05) is 48.8 Å². The van der Waals surface area contributed by atoms with Crippen molar-refractivity contribution in [3.8, 4) is 40.2 Å². The quantitative estimate of drug-likeness (QED) is 0.571. The van der Waals surface area contributed by atoms with Crippen LogP contribution in [0.4, 0.5) is 0 Å². The van der Waals surface area contributed by atoms with E-state index in [1.165, 1.54) is 41.6 Å². The molecule has 1 aliphatic heterocycles. The van der Waals surface area contributed by atoms with Crippen LogP contribution in [0, 0.1) is 5.92 Å². The van der Waals surface area contributed by atoms with E-state index >= 15 is 0 Å². The first-order chi connectivity index (χ1) is 15.0. The van der Waals surface area contributed by atoms with E-state index in [1.807, 2.05) is 0 Å². The number of phenolic OH excluding ortho intramolecular Hbond substituents is 1. The molecule has 0 saturated heterocycles. The maximum absolute atomic E-state index is 10.7. The number of hydrogen-bond donors (Lipinski definition) is 3. The standard InChI is InChI=1S/C22H28O9/c1-26-14-8-13-19(22(30-5)20(14)25)18(12(9-23)17(10-24)31-13)11-6-15(27-2)21(29-4)16(7-11)28-3/h6-8,12,17-18,23-25H,9-10H2,1-5H3/t12-,17-,18+/m0/s1. The molecule has 0 aliphatic carbocycles. The number of aliphatic hydroxyl groups excluding tert-OH is 2. The van der Waals surface area contributed by atoms with Crippen molar-refractivity contribution in [1.82, 2.24) is 0 Å². The summed E-state index contributed by atoms with van der Waals surface area (Å²) >= 11 is 0. The summed E-state index contributed by atoms with van der Waals surface area (Å²) in [6.45, 7) is -0.612. The van der Waals surface area contributed by atoms with Crippen LogP contribution in [0.15, 0.2) is 18.2 Å². The Labute approximate surface area is 180 Å². The molecule has 9 heteroatoms. The van der Waals surface area contributed by atoms with Crippen molar-refractivity contribution >= 4 is 0 Å². The van der Waals surface area contributed by atoms with Gasteiger partial charge in [0.05, 0.1) is 48.8 Å². The van der Waals surface area contributed by atoms with Crippen LogP contribution < -0.4 is 28.4 Å². The molecule has 0 fully saturated rings. The summed E-state index contributed by atoms with van der Waals surface area (Å²) in [5.41, 5.74) is 1.21. The fourth-order valence-electron chi connectivity index (χ4n) is 4.14. The van der Waals surface area contributed by atoms with Gasteiger partial charge in [-0.25, -0.2) is 0 Å². The molecule has 1 aliphatic rings.